The van der Waals surface area contributed by atoms with Crippen LogP contribution in [0.2, 0.25) is 0 Å². The second-order valence-corrected chi connectivity index (χ2v) is 8.60. The molecule has 1 aliphatic heterocycles. The summed E-state index contributed by atoms with van der Waals surface area (Å²) in [6.45, 7) is 7.88. The van der Waals surface area contributed by atoms with Gasteiger partial charge in [-0.05, 0) is 68.7 Å². The fraction of sp³-hybridized carbons (Fsp3) is 0.320. The molecule has 1 atom stereocenters. The van der Waals surface area contributed by atoms with Crippen LogP contribution in [0.4, 0.5) is 5.69 Å². The highest BCUT2D eigenvalue weighted by molar-refractivity contribution is 8.14. The molecule has 174 valence electrons. The third-order valence-electron chi connectivity index (χ3n) is 5.25. The molecule has 33 heavy (non-hydrogen) atoms. The van der Waals surface area contributed by atoms with Crippen LogP contribution in [-0.2, 0) is 14.3 Å². The van der Waals surface area contributed by atoms with Gasteiger partial charge in [-0.15, -0.1) is 0 Å². The summed E-state index contributed by atoms with van der Waals surface area (Å²) in [6, 6.07) is 12.7. The molecule has 1 heterocycles. The molecule has 0 unspecified atom stereocenters. The lowest BCUT2D eigenvalue weighted by atomic mass is 9.96. The summed E-state index contributed by atoms with van der Waals surface area (Å²) in [6.07, 6.45) is 0. The smallest absolute Gasteiger partial charge is 0.338 e. The topological polar surface area (TPSA) is 89.0 Å². The highest BCUT2D eigenvalue weighted by Crippen LogP contribution is 2.34. The van der Waals surface area contributed by atoms with Gasteiger partial charge in [-0.1, -0.05) is 30.0 Å². The van der Waals surface area contributed by atoms with Gasteiger partial charge in [-0.3, -0.25) is 4.79 Å². The van der Waals surface area contributed by atoms with E-state index in [4.69, 9.17) is 14.5 Å². The minimum Gasteiger partial charge on any atom is -0.497 e. The predicted molar refractivity (Wildman–Crippen MR) is 133 cm³/mol. The third kappa shape index (κ3) is 6.16. The number of allylic oxidation sites excluding steroid dienone is 1. The molecule has 8 heteroatoms. The number of carbonyl (C=O) groups is 2. The lowest BCUT2D eigenvalue weighted by Gasteiger charge is -2.26. The number of aliphatic imine (C=N–C) groups is 1. The van der Waals surface area contributed by atoms with E-state index in [1.54, 1.807) is 14.0 Å². The zero-order valence-corrected chi connectivity index (χ0v) is 20.3. The van der Waals surface area contributed by atoms with Crippen molar-refractivity contribution in [3.63, 3.8) is 0 Å². The highest BCUT2D eigenvalue weighted by atomic mass is 32.2. The second-order valence-electron chi connectivity index (χ2n) is 7.63. The van der Waals surface area contributed by atoms with Gasteiger partial charge >= 0.3 is 5.97 Å². The normalized spacial score (nSPS) is 15.4. The Balaban J connectivity index is 1.78. The minimum atomic E-state index is -0.564. The second kappa shape index (κ2) is 11.0. The van der Waals surface area contributed by atoms with Crippen LogP contribution < -0.4 is 15.4 Å². The summed E-state index contributed by atoms with van der Waals surface area (Å²) in [4.78, 5) is 29.9. The zero-order chi connectivity index (χ0) is 24.0. The molecule has 1 amide bonds. The summed E-state index contributed by atoms with van der Waals surface area (Å²) in [7, 11) is 1.59. The number of esters is 1. The van der Waals surface area contributed by atoms with E-state index in [1.807, 2.05) is 63.2 Å². The van der Waals surface area contributed by atoms with E-state index in [9.17, 15) is 9.59 Å². The highest BCUT2D eigenvalue weighted by Gasteiger charge is 2.30. The van der Waals surface area contributed by atoms with Crippen LogP contribution >= 0.6 is 11.8 Å². The molecule has 0 fully saturated rings. The summed E-state index contributed by atoms with van der Waals surface area (Å²) in [5, 5.41) is 6.63. The monoisotopic (exact) mass is 467 g/mol. The number of ether oxygens (including phenoxy) is 2. The molecule has 3 rings (SSSR count). The number of hydrogen-bond acceptors (Lipinski definition) is 7. The lowest BCUT2D eigenvalue weighted by molar-refractivity contribution is -0.139. The molecule has 0 saturated heterocycles. The van der Waals surface area contributed by atoms with E-state index in [0.29, 0.717) is 22.2 Å². The lowest BCUT2D eigenvalue weighted by Crippen LogP contribution is -2.31. The molecule has 1 aliphatic rings. The number of aryl methyl sites for hydroxylation is 2. The Kier molecular flexibility index (Phi) is 8.16. The molecule has 2 aromatic rings. The van der Waals surface area contributed by atoms with Gasteiger partial charge in [0.05, 0.1) is 25.0 Å². The van der Waals surface area contributed by atoms with Crippen molar-refractivity contribution in [1.82, 2.24) is 5.32 Å². The summed E-state index contributed by atoms with van der Waals surface area (Å²) in [5.74, 6) is 0.286. The molecule has 0 saturated carbocycles. The molecule has 0 aromatic heterocycles. The first-order valence-corrected chi connectivity index (χ1v) is 11.7. The number of carbonyl (C=O) groups excluding carboxylic acids is 2. The summed E-state index contributed by atoms with van der Waals surface area (Å²) in [5.41, 5.74) is 4.94. The van der Waals surface area contributed by atoms with Crippen LogP contribution in [0.5, 0.6) is 5.75 Å². The number of hydrogen-bond donors (Lipinski definition) is 2. The molecule has 0 aliphatic carbocycles. The Hall–Kier alpha value is -3.26. The van der Waals surface area contributed by atoms with Gasteiger partial charge < -0.3 is 20.1 Å². The maximum Gasteiger partial charge on any atom is 0.338 e. The standard InChI is InChI=1S/C25H29N3O4S/c1-6-32-24(30)22-17(4)26-25(28-23(22)18-8-7-9-20(13-18)31-5)33-14-21(29)27-19-11-10-15(2)16(3)12-19/h7-13,23H,6,14H2,1-5H3,(H,26,28)(H,27,29)/t23-/m1/s1. The Bertz CT molecular complexity index is 1110. The van der Waals surface area contributed by atoms with Gasteiger partial charge in [0.1, 0.15) is 11.8 Å². The van der Waals surface area contributed by atoms with Crippen molar-refractivity contribution in [3.8, 4) is 5.75 Å². The molecule has 0 bridgehead atoms. The first-order valence-electron chi connectivity index (χ1n) is 10.7. The minimum absolute atomic E-state index is 0.136. The fourth-order valence-corrected chi connectivity index (χ4v) is 4.14. The fourth-order valence-electron chi connectivity index (χ4n) is 3.40. The molecular formula is C25H29N3O4S. The average Bonchev–Trinajstić information content (AvgIpc) is 2.80. The van der Waals surface area contributed by atoms with Crippen molar-refractivity contribution < 1.29 is 19.1 Å². The van der Waals surface area contributed by atoms with Crippen molar-refractivity contribution in [3.05, 3.63) is 70.4 Å². The third-order valence-corrected chi connectivity index (χ3v) is 6.14. The average molecular weight is 468 g/mol. The molecule has 2 aromatic carbocycles. The number of rotatable bonds is 7. The maximum atomic E-state index is 12.7. The van der Waals surface area contributed by atoms with Gasteiger partial charge in [0, 0.05) is 11.4 Å². The molecular weight excluding hydrogens is 438 g/mol. The number of thioether (sulfide) groups is 1. The van der Waals surface area contributed by atoms with Crippen LogP contribution in [0.15, 0.2) is 58.7 Å². The van der Waals surface area contributed by atoms with E-state index < -0.39 is 12.0 Å². The van der Waals surface area contributed by atoms with Crippen molar-refractivity contribution in [2.45, 2.75) is 33.7 Å². The van der Waals surface area contributed by atoms with E-state index in [0.717, 1.165) is 16.8 Å². The van der Waals surface area contributed by atoms with Crippen LogP contribution in [-0.4, -0.2) is 36.5 Å². The van der Waals surface area contributed by atoms with Gasteiger partial charge in [0.2, 0.25) is 5.91 Å². The number of nitrogens with one attached hydrogen (secondary N) is 2. The van der Waals surface area contributed by atoms with Gasteiger partial charge in [0.25, 0.3) is 0 Å². The van der Waals surface area contributed by atoms with Gasteiger partial charge in [0.15, 0.2) is 5.17 Å². The van der Waals surface area contributed by atoms with Gasteiger partial charge in [-0.25, -0.2) is 9.79 Å². The summed E-state index contributed by atoms with van der Waals surface area (Å²) >= 11 is 1.28. The van der Waals surface area contributed by atoms with Crippen LogP contribution in [0.25, 0.3) is 0 Å². The van der Waals surface area contributed by atoms with Crippen molar-refractivity contribution in [1.29, 1.82) is 0 Å². The SMILES string of the molecule is CCOC(=O)C1=C(C)NC(SCC(=O)Nc2ccc(C)c(C)c2)=N[C@@H]1c1cccc(OC)c1. The molecule has 2 N–H and O–H groups in total. The van der Waals surface area contributed by atoms with Crippen LogP contribution in [0, 0.1) is 13.8 Å². The quantitative estimate of drug-likeness (QED) is 0.582. The van der Waals surface area contributed by atoms with E-state index >= 15 is 0 Å². The van der Waals surface area contributed by atoms with E-state index in [1.165, 1.54) is 17.3 Å². The number of nitrogens with zero attached hydrogens (tertiary/aromatic N) is 1. The molecule has 0 spiro atoms. The first-order chi connectivity index (χ1) is 15.8. The van der Waals surface area contributed by atoms with E-state index in [-0.39, 0.29) is 18.3 Å². The number of anilines is 1. The Morgan fingerprint density at radius 2 is 1.91 bits per heavy atom. The van der Waals surface area contributed by atoms with Crippen LogP contribution in [0.3, 0.4) is 0 Å². The maximum absolute atomic E-state index is 12.7. The summed E-state index contributed by atoms with van der Waals surface area (Å²) < 4.78 is 10.6. The molecule has 0 radical (unpaired) electrons. The van der Waals surface area contributed by atoms with Crippen molar-refractivity contribution in [2.24, 2.45) is 4.99 Å². The zero-order valence-electron chi connectivity index (χ0n) is 19.5. The first kappa shape index (κ1) is 24.4. The number of benzene rings is 2. The number of amidine groups is 1. The number of amides is 1. The van der Waals surface area contributed by atoms with Crippen LogP contribution in [0.1, 0.15) is 36.6 Å². The number of methoxy groups -OCH3 is 1. The van der Waals surface area contributed by atoms with Crippen molar-refractivity contribution in [2.75, 3.05) is 24.8 Å². The Morgan fingerprint density at radius 3 is 2.61 bits per heavy atom. The Labute approximate surface area is 198 Å². The van der Waals surface area contributed by atoms with E-state index in [2.05, 4.69) is 10.6 Å². The predicted octanol–water partition coefficient (Wildman–Crippen LogP) is 4.52. The molecule has 7 nitrogen and oxygen atoms in total. The largest absolute Gasteiger partial charge is 0.497 e. The Morgan fingerprint density at radius 1 is 1.12 bits per heavy atom. The van der Waals surface area contributed by atoms with Crippen molar-refractivity contribution >= 4 is 34.5 Å². The van der Waals surface area contributed by atoms with Gasteiger partial charge in [-0.2, -0.15) is 0 Å².